The first-order valence-electron chi connectivity index (χ1n) is 5.78. The standard InChI is InChI=1S/C10H17N3O2S2/c1-7(2)9-11-12-10(16)13(9)6-8-4-3-5-17(8,14)15/h7-8H,3-6H2,1-2H3,(H,12,16). The summed E-state index contributed by atoms with van der Waals surface area (Å²) in [5.74, 6) is 1.36. The predicted octanol–water partition coefficient (Wildman–Crippen LogP) is 1.64. The Kier molecular flexibility index (Phi) is 3.40. The molecule has 0 saturated carbocycles. The third-order valence-corrected chi connectivity index (χ3v) is 5.72. The molecule has 7 heteroatoms. The van der Waals surface area contributed by atoms with Gasteiger partial charge in [-0.3, -0.25) is 5.10 Å². The Labute approximate surface area is 106 Å². The van der Waals surface area contributed by atoms with E-state index < -0.39 is 9.84 Å². The van der Waals surface area contributed by atoms with Gasteiger partial charge in [-0.15, -0.1) is 0 Å². The molecule has 1 saturated heterocycles. The summed E-state index contributed by atoms with van der Waals surface area (Å²) in [7, 11) is -2.93. The first-order chi connectivity index (χ1) is 7.92. The molecule has 0 aliphatic carbocycles. The smallest absolute Gasteiger partial charge is 0.195 e. The van der Waals surface area contributed by atoms with Crippen LogP contribution in [0.2, 0.25) is 0 Å². The van der Waals surface area contributed by atoms with Crippen molar-refractivity contribution < 1.29 is 8.42 Å². The Morgan fingerprint density at radius 1 is 1.59 bits per heavy atom. The lowest BCUT2D eigenvalue weighted by Gasteiger charge is -2.13. The summed E-state index contributed by atoms with van der Waals surface area (Å²) < 4.78 is 25.9. The summed E-state index contributed by atoms with van der Waals surface area (Å²) in [5.41, 5.74) is 0. The van der Waals surface area contributed by atoms with Gasteiger partial charge in [-0.05, 0) is 25.1 Å². The van der Waals surface area contributed by atoms with Crippen molar-refractivity contribution in [2.24, 2.45) is 0 Å². The van der Waals surface area contributed by atoms with Gasteiger partial charge in [0, 0.05) is 12.5 Å². The highest BCUT2D eigenvalue weighted by Gasteiger charge is 2.32. The second-order valence-corrected chi connectivity index (χ2v) is 7.57. The van der Waals surface area contributed by atoms with Crippen LogP contribution in [0.3, 0.4) is 0 Å². The predicted molar refractivity (Wildman–Crippen MR) is 68.3 cm³/mol. The largest absolute Gasteiger partial charge is 0.303 e. The van der Waals surface area contributed by atoms with Crippen LogP contribution in [0.4, 0.5) is 0 Å². The second-order valence-electron chi connectivity index (χ2n) is 4.78. The molecule has 96 valence electrons. The highest BCUT2D eigenvalue weighted by molar-refractivity contribution is 7.92. The normalized spacial score (nSPS) is 23.4. The number of H-pyrrole nitrogens is 1. The van der Waals surface area contributed by atoms with Crippen LogP contribution in [-0.4, -0.2) is 34.2 Å². The lowest BCUT2D eigenvalue weighted by atomic mass is 10.2. The second kappa shape index (κ2) is 4.53. The molecule has 0 bridgehead atoms. The molecule has 1 N–H and O–H groups in total. The van der Waals surface area contributed by atoms with Crippen molar-refractivity contribution in [1.82, 2.24) is 14.8 Å². The molecule has 1 unspecified atom stereocenters. The molecule has 0 aromatic carbocycles. The summed E-state index contributed by atoms with van der Waals surface area (Å²) >= 11 is 5.15. The monoisotopic (exact) mass is 275 g/mol. The minimum Gasteiger partial charge on any atom is -0.303 e. The number of nitrogens with one attached hydrogen (secondary N) is 1. The van der Waals surface area contributed by atoms with E-state index in [4.69, 9.17) is 12.2 Å². The van der Waals surface area contributed by atoms with E-state index in [1.165, 1.54) is 0 Å². The maximum Gasteiger partial charge on any atom is 0.195 e. The number of hydrogen-bond donors (Lipinski definition) is 1. The molecule has 1 fully saturated rings. The van der Waals surface area contributed by atoms with E-state index in [1.807, 2.05) is 18.4 Å². The van der Waals surface area contributed by atoms with E-state index in [9.17, 15) is 8.42 Å². The molecule has 0 amide bonds. The van der Waals surface area contributed by atoms with Crippen molar-refractivity contribution >= 4 is 22.1 Å². The molecular weight excluding hydrogens is 258 g/mol. The Bertz CT molecular complexity index is 556. The SMILES string of the molecule is CC(C)c1n[nH]c(=S)n1CC1CCCS1(=O)=O. The molecule has 1 aliphatic heterocycles. The molecule has 1 aromatic heterocycles. The van der Waals surface area contributed by atoms with E-state index in [0.29, 0.717) is 17.1 Å². The molecular formula is C10H17N3O2S2. The van der Waals surface area contributed by atoms with Crippen molar-refractivity contribution in [3.63, 3.8) is 0 Å². The van der Waals surface area contributed by atoms with E-state index in [2.05, 4.69) is 10.2 Å². The number of aromatic amines is 1. The van der Waals surface area contributed by atoms with Crippen LogP contribution >= 0.6 is 12.2 Å². The summed E-state index contributed by atoms with van der Waals surface area (Å²) in [5, 5.41) is 6.60. The van der Waals surface area contributed by atoms with Crippen LogP contribution in [0.1, 0.15) is 38.4 Å². The molecule has 2 heterocycles. The lowest BCUT2D eigenvalue weighted by molar-refractivity contribution is 0.547. The first-order valence-corrected chi connectivity index (χ1v) is 7.91. The van der Waals surface area contributed by atoms with Gasteiger partial charge in [0.1, 0.15) is 5.82 Å². The van der Waals surface area contributed by atoms with E-state index in [-0.39, 0.29) is 11.2 Å². The maximum absolute atomic E-state index is 11.8. The van der Waals surface area contributed by atoms with Crippen molar-refractivity contribution in [2.45, 2.75) is 44.4 Å². The average molecular weight is 275 g/mol. The Hall–Kier alpha value is -0.690. The van der Waals surface area contributed by atoms with Gasteiger partial charge in [0.25, 0.3) is 0 Å². The molecule has 0 spiro atoms. The summed E-state index contributed by atoms with van der Waals surface area (Å²) in [6, 6.07) is 0. The van der Waals surface area contributed by atoms with E-state index >= 15 is 0 Å². The van der Waals surface area contributed by atoms with Crippen LogP contribution in [0.15, 0.2) is 0 Å². The summed E-state index contributed by atoms with van der Waals surface area (Å²) in [4.78, 5) is 0. The minimum atomic E-state index is -2.93. The molecule has 1 aromatic rings. The van der Waals surface area contributed by atoms with Crippen LogP contribution in [-0.2, 0) is 16.4 Å². The van der Waals surface area contributed by atoms with Gasteiger partial charge < -0.3 is 4.57 Å². The van der Waals surface area contributed by atoms with Gasteiger partial charge in [-0.1, -0.05) is 13.8 Å². The zero-order valence-corrected chi connectivity index (χ0v) is 11.6. The van der Waals surface area contributed by atoms with Gasteiger partial charge in [-0.25, -0.2) is 8.42 Å². The first kappa shape index (κ1) is 12.8. The van der Waals surface area contributed by atoms with Gasteiger partial charge >= 0.3 is 0 Å². The van der Waals surface area contributed by atoms with Crippen molar-refractivity contribution in [2.75, 3.05) is 5.75 Å². The van der Waals surface area contributed by atoms with Gasteiger partial charge in [-0.2, -0.15) is 5.10 Å². The van der Waals surface area contributed by atoms with Gasteiger partial charge in [0.2, 0.25) is 0 Å². The minimum absolute atomic E-state index is 0.229. The highest BCUT2D eigenvalue weighted by Crippen LogP contribution is 2.23. The summed E-state index contributed by atoms with van der Waals surface area (Å²) in [6.45, 7) is 4.47. The van der Waals surface area contributed by atoms with Gasteiger partial charge in [0.05, 0.1) is 11.0 Å². The average Bonchev–Trinajstić information content (AvgIpc) is 2.73. The molecule has 1 atom stereocenters. The van der Waals surface area contributed by atoms with E-state index in [1.54, 1.807) is 0 Å². The zero-order valence-electron chi connectivity index (χ0n) is 10.0. The Balaban J connectivity index is 2.30. The molecule has 17 heavy (non-hydrogen) atoms. The summed E-state index contributed by atoms with van der Waals surface area (Å²) in [6.07, 6.45) is 1.49. The van der Waals surface area contributed by atoms with Crippen LogP contribution in [0, 0.1) is 4.77 Å². The van der Waals surface area contributed by atoms with Gasteiger partial charge in [0.15, 0.2) is 14.6 Å². The van der Waals surface area contributed by atoms with Crippen molar-refractivity contribution in [3.05, 3.63) is 10.6 Å². The Morgan fingerprint density at radius 3 is 2.82 bits per heavy atom. The number of sulfone groups is 1. The molecule has 5 nitrogen and oxygen atoms in total. The fourth-order valence-electron chi connectivity index (χ4n) is 2.21. The van der Waals surface area contributed by atoms with Crippen LogP contribution in [0.5, 0.6) is 0 Å². The molecule has 0 radical (unpaired) electrons. The van der Waals surface area contributed by atoms with Crippen molar-refractivity contribution in [1.29, 1.82) is 0 Å². The van der Waals surface area contributed by atoms with Crippen molar-refractivity contribution in [3.8, 4) is 0 Å². The maximum atomic E-state index is 11.8. The van der Waals surface area contributed by atoms with E-state index in [0.717, 1.165) is 18.7 Å². The Morgan fingerprint density at radius 2 is 2.29 bits per heavy atom. The highest BCUT2D eigenvalue weighted by atomic mass is 32.2. The lowest BCUT2D eigenvalue weighted by Crippen LogP contribution is -2.23. The number of nitrogens with zero attached hydrogens (tertiary/aromatic N) is 2. The fraction of sp³-hybridized carbons (Fsp3) is 0.800. The topological polar surface area (TPSA) is 67.8 Å². The fourth-order valence-corrected chi connectivity index (χ4v) is 4.23. The number of rotatable bonds is 3. The third kappa shape index (κ3) is 2.44. The quantitative estimate of drug-likeness (QED) is 0.852. The zero-order chi connectivity index (χ0) is 12.6. The van der Waals surface area contributed by atoms with Crippen LogP contribution < -0.4 is 0 Å². The third-order valence-electron chi connectivity index (χ3n) is 3.15. The number of hydrogen-bond acceptors (Lipinski definition) is 4. The molecule has 1 aliphatic rings. The number of aromatic nitrogens is 3. The molecule has 2 rings (SSSR count). The van der Waals surface area contributed by atoms with Crippen LogP contribution in [0.25, 0.3) is 0 Å².